The van der Waals surface area contributed by atoms with Gasteiger partial charge in [0.15, 0.2) is 0 Å². The number of nitrogens with zero attached hydrogens (tertiary/aromatic N) is 2. The standard InChI is InChI=1S/C15H11BrCl2N2O2/c1-22-10-6-5-9-8-19(16)15(21)20(13(9)7-10)14-11(17)3-2-4-12(14)18/h2-7H,8H2,1H3. The van der Waals surface area contributed by atoms with Gasteiger partial charge in [-0.2, -0.15) is 0 Å². The molecule has 0 bridgehead atoms. The summed E-state index contributed by atoms with van der Waals surface area (Å²) < 4.78 is 6.69. The van der Waals surface area contributed by atoms with E-state index in [-0.39, 0.29) is 6.03 Å². The van der Waals surface area contributed by atoms with Gasteiger partial charge in [-0.05, 0) is 23.8 Å². The lowest BCUT2D eigenvalue weighted by molar-refractivity contribution is 0.233. The zero-order valence-corrected chi connectivity index (χ0v) is 14.6. The number of carbonyl (C=O) groups excluding carboxylic acids is 1. The first-order valence-electron chi connectivity index (χ1n) is 6.41. The Bertz CT molecular complexity index is 734. The maximum Gasteiger partial charge on any atom is 0.339 e. The minimum absolute atomic E-state index is 0.268. The summed E-state index contributed by atoms with van der Waals surface area (Å²) in [6, 6.07) is 10.4. The van der Waals surface area contributed by atoms with Gasteiger partial charge in [-0.1, -0.05) is 35.3 Å². The summed E-state index contributed by atoms with van der Waals surface area (Å²) in [7, 11) is 1.58. The van der Waals surface area contributed by atoms with Crippen molar-refractivity contribution in [1.82, 2.24) is 3.93 Å². The molecule has 3 rings (SSSR count). The van der Waals surface area contributed by atoms with Crippen molar-refractivity contribution in [2.75, 3.05) is 12.0 Å². The van der Waals surface area contributed by atoms with Crippen LogP contribution in [0.4, 0.5) is 16.2 Å². The van der Waals surface area contributed by atoms with Gasteiger partial charge in [-0.3, -0.25) is 8.83 Å². The van der Waals surface area contributed by atoms with Crippen LogP contribution in [-0.2, 0) is 6.54 Å². The van der Waals surface area contributed by atoms with E-state index in [2.05, 4.69) is 16.1 Å². The highest BCUT2D eigenvalue weighted by molar-refractivity contribution is 9.07. The Morgan fingerprint density at radius 1 is 1.18 bits per heavy atom. The number of hydrogen-bond donors (Lipinski definition) is 0. The molecule has 1 aliphatic heterocycles. The van der Waals surface area contributed by atoms with Gasteiger partial charge in [-0.15, -0.1) is 0 Å². The fraction of sp³-hybridized carbons (Fsp3) is 0.133. The maximum atomic E-state index is 12.6. The first-order valence-corrected chi connectivity index (χ1v) is 7.87. The number of hydrogen-bond acceptors (Lipinski definition) is 2. The lowest BCUT2D eigenvalue weighted by Crippen LogP contribution is -2.39. The molecule has 0 atom stereocenters. The molecule has 7 heteroatoms. The Morgan fingerprint density at radius 2 is 1.86 bits per heavy atom. The van der Waals surface area contributed by atoms with Gasteiger partial charge in [0, 0.05) is 6.07 Å². The second-order valence-corrected chi connectivity index (χ2v) is 6.37. The van der Waals surface area contributed by atoms with Gasteiger partial charge in [0.25, 0.3) is 0 Å². The third kappa shape index (κ3) is 2.53. The maximum absolute atomic E-state index is 12.6. The summed E-state index contributed by atoms with van der Waals surface area (Å²) in [6.07, 6.45) is 0. The van der Waals surface area contributed by atoms with Crippen LogP contribution in [0.5, 0.6) is 5.75 Å². The first-order chi connectivity index (χ1) is 10.5. The summed E-state index contributed by atoms with van der Waals surface area (Å²) in [6.45, 7) is 0.441. The van der Waals surface area contributed by atoms with E-state index in [9.17, 15) is 4.79 Å². The van der Waals surface area contributed by atoms with E-state index in [1.54, 1.807) is 31.4 Å². The second kappa shape index (κ2) is 5.99. The minimum atomic E-state index is -0.268. The van der Waals surface area contributed by atoms with E-state index < -0.39 is 0 Å². The Balaban J connectivity index is 2.24. The number of methoxy groups -OCH3 is 1. The lowest BCUT2D eigenvalue weighted by Gasteiger charge is -2.34. The molecule has 2 aromatic rings. The van der Waals surface area contributed by atoms with Crippen LogP contribution in [0.3, 0.4) is 0 Å². The Kier molecular flexibility index (Phi) is 4.21. The molecule has 114 valence electrons. The molecule has 0 unspecified atom stereocenters. The predicted octanol–water partition coefficient (Wildman–Crippen LogP) is 5.39. The minimum Gasteiger partial charge on any atom is -0.497 e. The van der Waals surface area contributed by atoms with Gasteiger partial charge in [0.05, 0.1) is 51.2 Å². The molecule has 0 aromatic heterocycles. The molecule has 0 spiro atoms. The van der Waals surface area contributed by atoms with Gasteiger partial charge < -0.3 is 4.74 Å². The second-order valence-electron chi connectivity index (χ2n) is 4.70. The van der Waals surface area contributed by atoms with E-state index in [1.807, 2.05) is 12.1 Å². The molecular weight excluding hydrogens is 391 g/mol. The summed E-state index contributed by atoms with van der Waals surface area (Å²) >= 11 is 15.8. The number of rotatable bonds is 2. The van der Waals surface area contributed by atoms with Crippen LogP contribution in [0.1, 0.15) is 5.56 Å². The highest BCUT2D eigenvalue weighted by Gasteiger charge is 2.33. The number of ether oxygens (including phenoxy) is 1. The topological polar surface area (TPSA) is 32.8 Å². The third-order valence-electron chi connectivity index (χ3n) is 3.40. The van der Waals surface area contributed by atoms with Crippen molar-refractivity contribution in [3.63, 3.8) is 0 Å². The number of urea groups is 1. The molecule has 0 saturated carbocycles. The predicted molar refractivity (Wildman–Crippen MR) is 91.5 cm³/mol. The fourth-order valence-corrected chi connectivity index (χ4v) is 3.36. The van der Waals surface area contributed by atoms with Crippen molar-refractivity contribution in [2.45, 2.75) is 6.54 Å². The van der Waals surface area contributed by atoms with E-state index in [0.717, 1.165) is 5.56 Å². The molecule has 4 nitrogen and oxygen atoms in total. The van der Waals surface area contributed by atoms with Crippen LogP contribution in [-0.4, -0.2) is 17.1 Å². The summed E-state index contributed by atoms with van der Waals surface area (Å²) in [5, 5.41) is 0.801. The number of halogens is 3. The molecular formula is C15H11BrCl2N2O2. The molecule has 0 N–H and O–H groups in total. The first kappa shape index (κ1) is 15.5. The number of fused-ring (bicyclic) bond motifs is 1. The SMILES string of the molecule is COc1ccc2c(c1)N(c1c(Cl)cccc1Cl)C(=O)N(Br)C2. The molecule has 0 radical (unpaired) electrons. The number of anilines is 2. The van der Waals surface area contributed by atoms with E-state index in [4.69, 9.17) is 27.9 Å². The van der Waals surface area contributed by atoms with Crippen LogP contribution in [0.2, 0.25) is 10.0 Å². The Morgan fingerprint density at radius 3 is 2.50 bits per heavy atom. The number of benzene rings is 2. The van der Waals surface area contributed by atoms with Crippen molar-refractivity contribution >= 4 is 56.8 Å². The number of para-hydroxylation sites is 1. The zero-order chi connectivity index (χ0) is 15.9. The smallest absolute Gasteiger partial charge is 0.339 e. The normalized spacial score (nSPS) is 14.1. The highest BCUT2D eigenvalue weighted by Crippen LogP contribution is 2.43. The van der Waals surface area contributed by atoms with Crippen LogP contribution >= 0.6 is 39.3 Å². The van der Waals surface area contributed by atoms with Crippen molar-refractivity contribution in [1.29, 1.82) is 0 Å². The third-order valence-corrected chi connectivity index (χ3v) is 4.57. The summed E-state index contributed by atoms with van der Waals surface area (Å²) in [5.74, 6) is 0.655. The molecule has 0 saturated heterocycles. The van der Waals surface area contributed by atoms with Crippen molar-refractivity contribution in [3.05, 3.63) is 52.0 Å². The Hall–Kier alpha value is -1.43. The molecule has 0 fully saturated rings. The molecule has 2 amide bonds. The zero-order valence-electron chi connectivity index (χ0n) is 11.5. The van der Waals surface area contributed by atoms with Gasteiger partial charge in [-0.25, -0.2) is 4.79 Å². The lowest BCUT2D eigenvalue weighted by atomic mass is 10.1. The van der Waals surface area contributed by atoms with E-state index >= 15 is 0 Å². The average Bonchev–Trinajstić information content (AvgIpc) is 2.50. The van der Waals surface area contributed by atoms with Crippen LogP contribution < -0.4 is 9.64 Å². The monoisotopic (exact) mass is 400 g/mol. The molecule has 1 heterocycles. The van der Waals surface area contributed by atoms with Gasteiger partial charge in [0.2, 0.25) is 0 Å². The average molecular weight is 402 g/mol. The van der Waals surface area contributed by atoms with Crippen molar-refractivity contribution < 1.29 is 9.53 Å². The van der Waals surface area contributed by atoms with Gasteiger partial charge >= 0.3 is 6.03 Å². The van der Waals surface area contributed by atoms with E-state index in [0.29, 0.717) is 33.7 Å². The van der Waals surface area contributed by atoms with E-state index in [1.165, 1.54) is 8.83 Å². The largest absolute Gasteiger partial charge is 0.497 e. The van der Waals surface area contributed by atoms with Crippen LogP contribution in [0.15, 0.2) is 36.4 Å². The fourth-order valence-electron chi connectivity index (χ4n) is 2.36. The van der Waals surface area contributed by atoms with Crippen molar-refractivity contribution in [2.24, 2.45) is 0 Å². The summed E-state index contributed by atoms with van der Waals surface area (Å²) in [5.41, 5.74) is 2.11. The highest BCUT2D eigenvalue weighted by atomic mass is 79.9. The number of amides is 2. The van der Waals surface area contributed by atoms with Crippen molar-refractivity contribution in [3.8, 4) is 5.75 Å². The molecule has 0 aliphatic carbocycles. The van der Waals surface area contributed by atoms with Gasteiger partial charge in [0.1, 0.15) is 5.75 Å². The Labute approximate surface area is 146 Å². The summed E-state index contributed by atoms with van der Waals surface area (Å²) in [4.78, 5) is 14.1. The molecule has 1 aliphatic rings. The number of carbonyl (C=O) groups is 1. The molecule has 22 heavy (non-hydrogen) atoms. The van der Waals surface area contributed by atoms with Crippen LogP contribution in [0.25, 0.3) is 0 Å². The molecule has 2 aromatic carbocycles. The van der Waals surface area contributed by atoms with Crippen LogP contribution in [0, 0.1) is 0 Å². The quantitative estimate of drug-likeness (QED) is 0.632.